The maximum absolute atomic E-state index is 11.9. The molecule has 0 aliphatic carbocycles. The summed E-state index contributed by atoms with van der Waals surface area (Å²) in [7, 11) is 0. The lowest BCUT2D eigenvalue weighted by molar-refractivity contribution is 0.0984. The van der Waals surface area contributed by atoms with Crippen LogP contribution in [0.15, 0.2) is 30.3 Å². The summed E-state index contributed by atoms with van der Waals surface area (Å²) >= 11 is 6.88. The van der Waals surface area contributed by atoms with Gasteiger partial charge in [0, 0.05) is 9.89 Å². The molecule has 1 aromatic rings. The summed E-state index contributed by atoms with van der Waals surface area (Å²) in [5.74, 6) is 0.104. The molecule has 0 saturated heterocycles. The highest BCUT2D eigenvalue weighted by molar-refractivity contribution is 9.12. The first-order valence-corrected chi connectivity index (χ1v) is 6.06. The van der Waals surface area contributed by atoms with Crippen LogP contribution in [0.25, 0.3) is 0 Å². The van der Waals surface area contributed by atoms with E-state index in [-0.39, 0.29) is 14.9 Å². The first-order valence-electron chi connectivity index (χ1n) is 4.35. The van der Waals surface area contributed by atoms with Crippen LogP contribution in [-0.4, -0.2) is 14.9 Å². The normalized spacial score (nSPS) is 13.7. The van der Waals surface area contributed by atoms with Crippen LogP contribution in [0.4, 0.5) is 0 Å². The maximum atomic E-state index is 11.9. The van der Waals surface area contributed by atoms with E-state index < -0.39 is 0 Å². The third-order valence-electron chi connectivity index (χ3n) is 1.89. The fourth-order valence-corrected chi connectivity index (χ4v) is 1.53. The molecular formula is C11H12Br2O. The van der Waals surface area contributed by atoms with E-state index in [1.165, 1.54) is 0 Å². The van der Waals surface area contributed by atoms with Gasteiger partial charge in [-0.1, -0.05) is 62.2 Å². The minimum atomic E-state index is -0.236. The van der Waals surface area contributed by atoms with Gasteiger partial charge in [-0.15, -0.1) is 0 Å². The SMILES string of the molecule is CC(C)(Br)C(Br)C(=O)c1ccccc1. The Labute approximate surface area is 101 Å². The minimum Gasteiger partial charge on any atom is -0.293 e. The van der Waals surface area contributed by atoms with Gasteiger partial charge < -0.3 is 0 Å². The van der Waals surface area contributed by atoms with Gasteiger partial charge in [0.15, 0.2) is 5.78 Å². The molecule has 1 rings (SSSR count). The average molecular weight is 320 g/mol. The molecule has 0 amide bonds. The van der Waals surface area contributed by atoms with Crippen molar-refractivity contribution in [1.82, 2.24) is 0 Å². The molecule has 0 spiro atoms. The van der Waals surface area contributed by atoms with Gasteiger partial charge >= 0.3 is 0 Å². The lowest BCUT2D eigenvalue weighted by Crippen LogP contribution is -2.32. The Morgan fingerprint density at radius 1 is 1.29 bits per heavy atom. The number of benzene rings is 1. The van der Waals surface area contributed by atoms with Crippen LogP contribution in [0.3, 0.4) is 0 Å². The molecule has 3 heteroatoms. The number of rotatable bonds is 3. The van der Waals surface area contributed by atoms with Crippen LogP contribution in [0, 0.1) is 0 Å². The number of hydrogen-bond donors (Lipinski definition) is 0. The van der Waals surface area contributed by atoms with Crippen LogP contribution in [-0.2, 0) is 0 Å². The standard InChI is InChI=1S/C11H12Br2O/c1-11(2,13)10(12)9(14)8-6-4-3-5-7-8/h3-7,10H,1-2H3. The quantitative estimate of drug-likeness (QED) is 0.611. The van der Waals surface area contributed by atoms with Gasteiger partial charge in [0.2, 0.25) is 0 Å². The predicted molar refractivity (Wildman–Crippen MR) is 66.5 cm³/mol. The van der Waals surface area contributed by atoms with Crippen LogP contribution in [0.1, 0.15) is 24.2 Å². The highest BCUT2D eigenvalue weighted by atomic mass is 79.9. The molecule has 14 heavy (non-hydrogen) atoms. The molecular weight excluding hydrogens is 308 g/mol. The van der Waals surface area contributed by atoms with Gasteiger partial charge in [-0.3, -0.25) is 4.79 Å². The largest absolute Gasteiger partial charge is 0.293 e. The molecule has 1 unspecified atom stereocenters. The zero-order valence-corrected chi connectivity index (χ0v) is 11.3. The lowest BCUT2D eigenvalue weighted by Gasteiger charge is -2.22. The van der Waals surface area contributed by atoms with Gasteiger partial charge in [-0.25, -0.2) is 0 Å². The van der Waals surface area contributed by atoms with E-state index in [1.807, 2.05) is 44.2 Å². The van der Waals surface area contributed by atoms with E-state index in [1.54, 1.807) is 0 Å². The first-order chi connectivity index (χ1) is 6.43. The Kier molecular flexibility index (Phi) is 3.90. The van der Waals surface area contributed by atoms with Crippen molar-refractivity contribution >= 4 is 37.6 Å². The molecule has 0 heterocycles. The van der Waals surface area contributed by atoms with Gasteiger partial charge in [0.05, 0.1) is 4.83 Å². The highest BCUT2D eigenvalue weighted by Crippen LogP contribution is 2.29. The van der Waals surface area contributed by atoms with Crippen molar-refractivity contribution in [2.45, 2.75) is 23.0 Å². The summed E-state index contributed by atoms with van der Waals surface area (Å²) in [6.07, 6.45) is 0. The Hall–Kier alpha value is -0.150. The third-order valence-corrected chi connectivity index (χ3v) is 4.52. The molecule has 0 radical (unpaired) electrons. The fourth-order valence-electron chi connectivity index (χ4n) is 1.06. The van der Waals surface area contributed by atoms with Crippen LogP contribution < -0.4 is 0 Å². The van der Waals surface area contributed by atoms with Gasteiger partial charge in [0.25, 0.3) is 0 Å². The van der Waals surface area contributed by atoms with Crippen molar-refractivity contribution in [1.29, 1.82) is 0 Å². The van der Waals surface area contributed by atoms with E-state index in [4.69, 9.17) is 0 Å². The van der Waals surface area contributed by atoms with Gasteiger partial charge in [-0.2, -0.15) is 0 Å². The second kappa shape index (κ2) is 4.58. The number of carbonyl (C=O) groups excluding carboxylic acids is 1. The number of Topliss-reactive ketones (excluding diaryl/α,β-unsaturated/α-hetero) is 1. The van der Waals surface area contributed by atoms with Gasteiger partial charge in [-0.05, 0) is 13.8 Å². The second-order valence-electron chi connectivity index (χ2n) is 3.66. The number of halogens is 2. The summed E-state index contributed by atoms with van der Waals surface area (Å²) in [6, 6.07) is 9.30. The molecule has 0 aliphatic heterocycles. The van der Waals surface area contributed by atoms with E-state index >= 15 is 0 Å². The second-order valence-corrected chi connectivity index (χ2v) is 6.62. The molecule has 1 atom stereocenters. The van der Waals surface area contributed by atoms with E-state index in [9.17, 15) is 4.79 Å². The number of carbonyl (C=O) groups is 1. The minimum absolute atomic E-state index is 0.104. The fraction of sp³-hybridized carbons (Fsp3) is 0.364. The average Bonchev–Trinajstić information content (AvgIpc) is 2.15. The van der Waals surface area contributed by atoms with Crippen LogP contribution in [0.5, 0.6) is 0 Å². The van der Waals surface area contributed by atoms with Crippen molar-refractivity contribution < 1.29 is 4.79 Å². The number of ketones is 1. The Balaban J connectivity index is 2.87. The lowest BCUT2D eigenvalue weighted by atomic mass is 10.0. The van der Waals surface area contributed by atoms with E-state index in [0.717, 1.165) is 5.56 Å². The maximum Gasteiger partial charge on any atom is 0.177 e. The van der Waals surface area contributed by atoms with Crippen molar-refractivity contribution in [3.05, 3.63) is 35.9 Å². The Bertz CT molecular complexity index is 314. The van der Waals surface area contributed by atoms with Crippen molar-refractivity contribution in [2.75, 3.05) is 0 Å². The summed E-state index contributed by atoms with van der Waals surface area (Å²) in [5, 5.41) is 0. The predicted octanol–water partition coefficient (Wildman–Crippen LogP) is 3.81. The van der Waals surface area contributed by atoms with Crippen LogP contribution in [0.2, 0.25) is 0 Å². The number of alkyl halides is 2. The Morgan fingerprint density at radius 2 is 1.79 bits per heavy atom. The van der Waals surface area contributed by atoms with Gasteiger partial charge in [0.1, 0.15) is 0 Å². The summed E-state index contributed by atoms with van der Waals surface area (Å²) in [4.78, 5) is 11.7. The number of hydrogen-bond acceptors (Lipinski definition) is 1. The van der Waals surface area contributed by atoms with E-state index in [2.05, 4.69) is 31.9 Å². The van der Waals surface area contributed by atoms with Crippen molar-refractivity contribution in [3.63, 3.8) is 0 Å². The molecule has 1 aromatic carbocycles. The topological polar surface area (TPSA) is 17.1 Å². The van der Waals surface area contributed by atoms with Crippen LogP contribution >= 0.6 is 31.9 Å². The summed E-state index contributed by atoms with van der Waals surface area (Å²) in [5.41, 5.74) is 0.738. The zero-order chi connectivity index (χ0) is 10.8. The third kappa shape index (κ3) is 2.92. The molecule has 0 N–H and O–H groups in total. The zero-order valence-electron chi connectivity index (χ0n) is 8.13. The molecule has 0 aliphatic rings. The molecule has 76 valence electrons. The molecule has 0 bridgehead atoms. The summed E-state index contributed by atoms with van der Waals surface area (Å²) < 4.78 is -0.236. The highest BCUT2D eigenvalue weighted by Gasteiger charge is 2.30. The van der Waals surface area contributed by atoms with Crippen molar-refractivity contribution in [2.24, 2.45) is 0 Å². The molecule has 0 fully saturated rings. The van der Waals surface area contributed by atoms with E-state index in [0.29, 0.717) is 0 Å². The van der Waals surface area contributed by atoms with Crippen molar-refractivity contribution in [3.8, 4) is 0 Å². The molecule has 0 aromatic heterocycles. The smallest absolute Gasteiger partial charge is 0.177 e. The first kappa shape index (κ1) is 11.9. The summed E-state index contributed by atoms with van der Waals surface area (Å²) in [6.45, 7) is 3.93. The molecule has 0 saturated carbocycles. The monoisotopic (exact) mass is 318 g/mol. The molecule has 1 nitrogen and oxygen atoms in total. The Morgan fingerprint density at radius 3 is 2.21 bits per heavy atom.